The Labute approximate surface area is 183 Å². The molecule has 8 heteroatoms. The summed E-state index contributed by atoms with van der Waals surface area (Å²) in [5, 5.41) is 17.5. The minimum Gasteiger partial charge on any atom is -0.448 e. The molecule has 2 aliphatic heterocycles. The summed E-state index contributed by atoms with van der Waals surface area (Å²) in [6.45, 7) is 12.9. The molecule has 0 amide bonds. The lowest BCUT2D eigenvalue weighted by Gasteiger charge is -2.48. The number of hydrogen-bond acceptors (Lipinski definition) is 5. The number of aliphatic hydroxyl groups is 1. The summed E-state index contributed by atoms with van der Waals surface area (Å²) >= 11 is 17.2. The first kappa shape index (κ1) is 24.5. The number of aliphatic hydroxyl groups excluding tert-OH is 1. The van der Waals surface area contributed by atoms with E-state index in [1.807, 2.05) is 13.8 Å². The quantitative estimate of drug-likeness (QED) is 0.351. The van der Waals surface area contributed by atoms with Crippen LogP contribution >= 0.6 is 34.8 Å². The number of hydrogen-bond donors (Lipinski definition) is 2. The topological polar surface area (TPSA) is 71.8 Å². The van der Waals surface area contributed by atoms with Gasteiger partial charge in [-0.3, -0.25) is 5.41 Å². The molecule has 28 heavy (non-hydrogen) atoms. The number of halogens is 3. The Kier molecular flexibility index (Phi) is 8.37. The molecule has 5 unspecified atom stereocenters. The molecular formula is C20H34Cl3NO4. The van der Waals surface area contributed by atoms with E-state index in [-0.39, 0.29) is 42.7 Å². The Balaban J connectivity index is 2.06. The van der Waals surface area contributed by atoms with E-state index in [9.17, 15) is 5.11 Å². The Hall–Kier alpha value is 0.220. The Morgan fingerprint density at radius 3 is 2.00 bits per heavy atom. The number of rotatable bonds is 4. The van der Waals surface area contributed by atoms with Crippen LogP contribution in [0.3, 0.4) is 0 Å². The third kappa shape index (κ3) is 5.28. The van der Waals surface area contributed by atoms with Gasteiger partial charge < -0.3 is 19.3 Å². The van der Waals surface area contributed by atoms with Gasteiger partial charge in [0, 0.05) is 5.92 Å². The van der Waals surface area contributed by atoms with Crippen molar-refractivity contribution in [2.75, 3.05) is 6.61 Å². The first-order valence-electron chi connectivity index (χ1n) is 10.1. The number of nitrogens with one attached hydrogen (secondary N) is 1. The van der Waals surface area contributed by atoms with Gasteiger partial charge in [0.2, 0.25) is 12.2 Å². The van der Waals surface area contributed by atoms with Crippen molar-refractivity contribution in [1.82, 2.24) is 0 Å². The maximum atomic E-state index is 9.70. The molecule has 2 saturated heterocycles. The van der Waals surface area contributed by atoms with E-state index in [0.29, 0.717) is 17.8 Å². The van der Waals surface area contributed by atoms with Gasteiger partial charge in [-0.2, -0.15) is 0 Å². The lowest BCUT2D eigenvalue weighted by atomic mass is 9.70. The van der Waals surface area contributed by atoms with Crippen LogP contribution in [0.5, 0.6) is 0 Å². The molecule has 0 bridgehead atoms. The standard InChI is InChI=1S/C20H34Cl3NO4/c1-9-11(3)16(27-17(8-25)12(9)4)7-15-10(2)13(5)18(26-14(15)6)28-19(24)20(21,22)23/h9-18,24-25H,7-8H2,1-6H3/t9-,10-,11?,12+,13?,14?,15+,16+,17?,18?/m1/s1. The Morgan fingerprint density at radius 1 is 0.893 bits per heavy atom. The van der Waals surface area contributed by atoms with Crippen molar-refractivity contribution in [3.05, 3.63) is 0 Å². The van der Waals surface area contributed by atoms with Gasteiger partial charge in [0.15, 0.2) is 0 Å². The minimum absolute atomic E-state index is 0.0257. The van der Waals surface area contributed by atoms with Crippen molar-refractivity contribution in [3.8, 4) is 0 Å². The van der Waals surface area contributed by atoms with Crippen molar-refractivity contribution in [3.63, 3.8) is 0 Å². The summed E-state index contributed by atoms with van der Waals surface area (Å²) in [5.74, 6) is 1.35. The van der Waals surface area contributed by atoms with E-state index in [2.05, 4.69) is 27.7 Å². The van der Waals surface area contributed by atoms with Gasteiger partial charge in [0.1, 0.15) is 0 Å². The predicted octanol–water partition coefficient (Wildman–Crippen LogP) is 5.04. The summed E-state index contributed by atoms with van der Waals surface area (Å²) in [7, 11) is 0. The molecule has 0 aromatic carbocycles. The molecule has 2 heterocycles. The van der Waals surface area contributed by atoms with Crippen LogP contribution in [-0.2, 0) is 14.2 Å². The molecule has 5 nitrogen and oxygen atoms in total. The summed E-state index contributed by atoms with van der Waals surface area (Å²) in [6.07, 6.45) is 0.0990. The lowest BCUT2D eigenvalue weighted by Crippen LogP contribution is -2.51. The van der Waals surface area contributed by atoms with Crippen LogP contribution in [0.2, 0.25) is 0 Å². The van der Waals surface area contributed by atoms with E-state index in [1.54, 1.807) is 0 Å². The second kappa shape index (κ2) is 9.57. The average Bonchev–Trinajstić information content (AvgIpc) is 2.62. The fraction of sp³-hybridized carbons (Fsp3) is 0.950. The van der Waals surface area contributed by atoms with E-state index < -0.39 is 16.0 Å². The molecule has 2 aliphatic rings. The summed E-state index contributed by atoms with van der Waals surface area (Å²) in [6, 6.07) is 0. The van der Waals surface area contributed by atoms with Gasteiger partial charge in [-0.05, 0) is 42.9 Å². The fourth-order valence-electron chi connectivity index (χ4n) is 4.60. The van der Waals surface area contributed by atoms with E-state index in [4.69, 9.17) is 54.4 Å². The maximum Gasteiger partial charge on any atom is 0.265 e. The monoisotopic (exact) mass is 457 g/mol. The van der Waals surface area contributed by atoms with Crippen molar-refractivity contribution >= 4 is 40.7 Å². The van der Waals surface area contributed by atoms with E-state index >= 15 is 0 Å². The molecule has 164 valence electrons. The predicted molar refractivity (Wildman–Crippen MR) is 113 cm³/mol. The van der Waals surface area contributed by atoms with Gasteiger partial charge in [0.25, 0.3) is 3.79 Å². The number of alkyl halides is 3. The molecule has 0 aromatic rings. The van der Waals surface area contributed by atoms with Crippen LogP contribution < -0.4 is 0 Å². The van der Waals surface area contributed by atoms with E-state index in [1.165, 1.54) is 0 Å². The molecular weight excluding hydrogens is 425 g/mol. The van der Waals surface area contributed by atoms with Gasteiger partial charge in [-0.15, -0.1) is 0 Å². The summed E-state index contributed by atoms with van der Waals surface area (Å²) in [5.41, 5.74) is 0. The zero-order valence-corrected chi connectivity index (χ0v) is 19.8. The fourth-order valence-corrected chi connectivity index (χ4v) is 4.74. The molecule has 2 rings (SSSR count). The first-order chi connectivity index (χ1) is 12.9. The lowest BCUT2D eigenvalue weighted by molar-refractivity contribution is -0.228. The van der Waals surface area contributed by atoms with Crippen molar-refractivity contribution in [2.24, 2.45) is 35.5 Å². The zero-order valence-electron chi connectivity index (χ0n) is 17.5. The molecule has 2 N–H and O–H groups in total. The summed E-state index contributed by atoms with van der Waals surface area (Å²) < 4.78 is 16.0. The SMILES string of the molecule is CC1[C@H](C[C@@H]2C(C)OC(OC(=N)C(Cl)(Cl)Cl)C(C)[C@H]2C)OC(CO)[C@@H](C)[C@@H]1C. The highest BCUT2D eigenvalue weighted by molar-refractivity contribution is 6.76. The van der Waals surface area contributed by atoms with Crippen LogP contribution in [0.15, 0.2) is 0 Å². The molecule has 0 spiro atoms. The highest BCUT2D eigenvalue weighted by Gasteiger charge is 2.46. The molecule has 0 aliphatic carbocycles. The normalized spacial score (nSPS) is 44.9. The highest BCUT2D eigenvalue weighted by Crippen LogP contribution is 2.43. The molecule has 0 radical (unpaired) electrons. The Bertz CT molecular complexity index is 542. The van der Waals surface area contributed by atoms with Crippen LogP contribution in [0.25, 0.3) is 0 Å². The largest absolute Gasteiger partial charge is 0.448 e. The molecule has 0 aromatic heterocycles. The maximum absolute atomic E-state index is 9.70. The van der Waals surface area contributed by atoms with Gasteiger partial charge in [0.05, 0.1) is 24.9 Å². The summed E-state index contributed by atoms with van der Waals surface area (Å²) in [4.78, 5) is 0. The molecule has 10 atom stereocenters. The average molecular weight is 459 g/mol. The van der Waals surface area contributed by atoms with Crippen molar-refractivity contribution < 1.29 is 19.3 Å². The third-order valence-corrected chi connectivity index (χ3v) is 7.76. The Morgan fingerprint density at radius 2 is 1.46 bits per heavy atom. The van der Waals surface area contributed by atoms with Gasteiger partial charge in [-0.25, -0.2) is 0 Å². The van der Waals surface area contributed by atoms with Crippen LogP contribution in [0, 0.1) is 40.9 Å². The number of ether oxygens (including phenoxy) is 3. The van der Waals surface area contributed by atoms with Crippen molar-refractivity contribution in [2.45, 2.75) is 76.4 Å². The van der Waals surface area contributed by atoms with Crippen molar-refractivity contribution in [1.29, 1.82) is 5.41 Å². The first-order valence-corrected chi connectivity index (χ1v) is 11.3. The molecule has 0 saturated carbocycles. The zero-order chi connectivity index (χ0) is 21.4. The van der Waals surface area contributed by atoms with Crippen LogP contribution in [0.4, 0.5) is 0 Å². The molecule has 2 fully saturated rings. The second-order valence-electron chi connectivity index (χ2n) is 8.75. The van der Waals surface area contributed by atoms with Crippen LogP contribution in [0.1, 0.15) is 48.0 Å². The smallest absolute Gasteiger partial charge is 0.265 e. The third-order valence-electron chi connectivity index (χ3n) is 7.24. The highest BCUT2D eigenvalue weighted by atomic mass is 35.6. The minimum atomic E-state index is -1.90. The van der Waals surface area contributed by atoms with Crippen LogP contribution in [-0.4, -0.2) is 46.0 Å². The van der Waals surface area contributed by atoms with Gasteiger partial charge in [-0.1, -0.05) is 69.4 Å². The second-order valence-corrected chi connectivity index (χ2v) is 11.0. The van der Waals surface area contributed by atoms with Gasteiger partial charge >= 0.3 is 0 Å². The van der Waals surface area contributed by atoms with E-state index in [0.717, 1.165) is 6.42 Å².